The molecule has 0 saturated carbocycles. The highest BCUT2D eigenvalue weighted by Gasteiger charge is 2.33. The van der Waals surface area contributed by atoms with E-state index >= 15 is 0 Å². The first kappa shape index (κ1) is 13.9. The molecule has 0 radical (unpaired) electrons. The smallest absolute Gasteiger partial charge is 0.217 e. The second kappa shape index (κ2) is 5.47. The Morgan fingerprint density at radius 1 is 1.31 bits per heavy atom. The minimum atomic E-state index is -3.12. The zero-order valence-electron chi connectivity index (χ0n) is 10.7. The van der Waals surface area contributed by atoms with Gasteiger partial charge in [0.25, 0.3) is 0 Å². The fourth-order valence-corrected chi connectivity index (χ4v) is 4.27. The number of sulfonamides is 1. The van der Waals surface area contributed by atoms with Crippen LogP contribution in [0.15, 0.2) is 0 Å². The third-order valence-corrected chi connectivity index (χ3v) is 5.40. The van der Waals surface area contributed by atoms with E-state index in [9.17, 15) is 8.42 Å². The van der Waals surface area contributed by atoms with Gasteiger partial charge in [-0.2, -0.15) is 0 Å². The molecule has 0 aliphatic carbocycles. The monoisotopic (exact) mass is 248 g/mol. The molecule has 0 spiro atoms. The van der Waals surface area contributed by atoms with Crippen LogP contribution in [-0.4, -0.2) is 44.7 Å². The van der Waals surface area contributed by atoms with E-state index in [1.807, 2.05) is 0 Å². The molecular formula is C11H24N2O2S. The highest BCUT2D eigenvalue weighted by atomic mass is 32.2. The highest BCUT2D eigenvalue weighted by molar-refractivity contribution is 7.89. The lowest BCUT2D eigenvalue weighted by Gasteiger charge is -2.35. The van der Waals surface area contributed by atoms with Gasteiger partial charge in [-0.15, -0.1) is 0 Å². The van der Waals surface area contributed by atoms with Gasteiger partial charge in [-0.05, 0) is 32.2 Å². The second-order valence-electron chi connectivity index (χ2n) is 5.18. The predicted octanol–water partition coefficient (Wildman–Crippen LogP) is 0.902. The number of hydrogen-bond acceptors (Lipinski definition) is 3. The van der Waals surface area contributed by atoms with Gasteiger partial charge in [0.2, 0.25) is 10.0 Å². The third-order valence-electron chi connectivity index (χ3n) is 3.20. The zero-order chi connectivity index (χ0) is 12.3. The summed E-state index contributed by atoms with van der Waals surface area (Å²) in [5, 5.41) is 2.59. The summed E-state index contributed by atoms with van der Waals surface area (Å²) >= 11 is 0. The van der Waals surface area contributed by atoms with Gasteiger partial charge in [-0.25, -0.2) is 12.7 Å². The van der Waals surface area contributed by atoms with Crippen LogP contribution in [-0.2, 0) is 10.0 Å². The summed E-state index contributed by atoms with van der Waals surface area (Å²) in [6.45, 7) is 7.90. The van der Waals surface area contributed by atoms with Crippen molar-refractivity contribution >= 4 is 10.0 Å². The summed E-state index contributed by atoms with van der Waals surface area (Å²) in [6.07, 6.45) is 1.13. The Bertz CT molecular complexity index is 306. The number of rotatable bonds is 4. The van der Waals surface area contributed by atoms with Gasteiger partial charge < -0.3 is 5.32 Å². The van der Waals surface area contributed by atoms with E-state index in [0.29, 0.717) is 31.5 Å². The number of nitrogens with one attached hydrogen (secondary N) is 1. The largest absolute Gasteiger partial charge is 0.318 e. The Hall–Kier alpha value is -0.130. The first-order valence-electron chi connectivity index (χ1n) is 6.01. The van der Waals surface area contributed by atoms with E-state index in [2.05, 4.69) is 19.2 Å². The normalized spacial score (nSPS) is 30.2. The maximum atomic E-state index is 12.3. The summed E-state index contributed by atoms with van der Waals surface area (Å²) in [6, 6.07) is 0. The average Bonchev–Trinajstić information content (AvgIpc) is 2.16. The molecule has 96 valence electrons. The van der Waals surface area contributed by atoms with Crippen molar-refractivity contribution in [2.75, 3.05) is 26.7 Å². The van der Waals surface area contributed by atoms with E-state index in [-0.39, 0.29) is 5.25 Å². The summed E-state index contributed by atoms with van der Waals surface area (Å²) in [5.74, 6) is 0.945. The fraction of sp³-hybridized carbons (Fsp3) is 1.00. The van der Waals surface area contributed by atoms with Gasteiger partial charge in [0.15, 0.2) is 0 Å². The average molecular weight is 248 g/mol. The van der Waals surface area contributed by atoms with Crippen molar-refractivity contribution in [2.24, 2.45) is 11.8 Å². The third kappa shape index (κ3) is 3.18. The number of piperidine rings is 1. The molecule has 0 bridgehead atoms. The molecule has 1 rings (SSSR count). The standard InChI is InChI=1S/C11H24N2O2S/c1-9-5-10(2)8-13(7-9)16(14,15)11(3)6-12-4/h9-12H,5-8H2,1-4H3. The van der Waals surface area contributed by atoms with Crippen LogP contribution in [0.3, 0.4) is 0 Å². The van der Waals surface area contributed by atoms with Gasteiger partial charge in [0.1, 0.15) is 0 Å². The molecule has 4 nitrogen and oxygen atoms in total. The maximum Gasteiger partial charge on any atom is 0.217 e. The molecule has 1 aliphatic rings. The van der Waals surface area contributed by atoms with E-state index in [0.717, 1.165) is 6.42 Å². The molecule has 1 heterocycles. The Balaban J connectivity index is 2.75. The maximum absolute atomic E-state index is 12.3. The van der Waals surface area contributed by atoms with Crippen LogP contribution >= 0.6 is 0 Å². The Labute approximate surface area is 99.5 Å². The second-order valence-corrected chi connectivity index (χ2v) is 7.53. The minimum Gasteiger partial charge on any atom is -0.318 e. The molecule has 1 aliphatic heterocycles. The lowest BCUT2D eigenvalue weighted by atomic mass is 9.94. The molecular weight excluding hydrogens is 224 g/mol. The van der Waals surface area contributed by atoms with Crippen molar-refractivity contribution in [3.05, 3.63) is 0 Å². The SMILES string of the molecule is CNCC(C)S(=O)(=O)N1CC(C)CC(C)C1. The van der Waals surface area contributed by atoms with Crippen molar-refractivity contribution in [1.82, 2.24) is 9.62 Å². The summed E-state index contributed by atoms with van der Waals surface area (Å²) < 4.78 is 26.2. The van der Waals surface area contributed by atoms with Crippen molar-refractivity contribution in [3.63, 3.8) is 0 Å². The Kier molecular flexibility index (Phi) is 4.76. The minimum absolute atomic E-state index is 0.338. The van der Waals surface area contributed by atoms with Crippen molar-refractivity contribution in [1.29, 1.82) is 0 Å². The highest BCUT2D eigenvalue weighted by Crippen LogP contribution is 2.24. The van der Waals surface area contributed by atoms with Crippen LogP contribution in [0.5, 0.6) is 0 Å². The van der Waals surface area contributed by atoms with Crippen LogP contribution in [0.2, 0.25) is 0 Å². The van der Waals surface area contributed by atoms with Crippen LogP contribution in [0.25, 0.3) is 0 Å². The van der Waals surface area contributed by atoms with Gasteiger partial charge in [0.05, 0.1) is 5.25 Å². The van der Waals surface area contributed by atoms with E-state index in [1.165, 1.54) is 0 Å². The Morgan fingerprint density at radius 3 is 2.25 bits per heavy atom. The molecule has 3 atom stereocenters. The number of nitrogens with zero attached hydrogens (tertiary/aromatic N) is 1. The van der Waals surface area contributed by atoms with E-state index in [1.54, 1.807) is 18.3 Å². The van der Waals surface area contributed by atoms with E-state index < -0.39 is 10.0 Å². The molecule has 1 fully saturated rings. The zero-order valence-corrected chi connectivity index (χ0v) is 11.5. The van der Waals surface area contributed by atoms with Crippen molar-refractivity contribution in [2.45, 2.75) is 32.4 Å². The predicted molar refractivity (Wildman–Crippen MR) is 66.8 cm³/mol. The van der Waals surface area contributed by atoms with Crippen molar-refractivity contribution in [3.8, 4) is 0 Å². The van der Waals surface area contributed by atoms with E-state index in [4.69, 9.17) is 0 Å². The van der Waals surface area contributed by atoms with Gasteiger partial charge >= 0.3 is 0 Å². The van der Waals surface area contributed by atoms with Crippen LogP contribution in [0, 0.1) is 11.8 Å². The molecule has 1 saturated heterocycles. The molecule has 5 heteroatoms. The molecule has 0 aromatic heterocycles. The van der Waals surface area contributed by atoms with Crippen LogP contribution in [0.4, 0.5) is 0 Å². The first-order valence-corrected chi connectivity index (χ1v) is 7.51. The molecule has 0 aromatic rings. The molecule has 16 heavy (non-hydrogen) atoms. The topological polar surface area (TPSA) is 49.4 Å². The summed E-state index contributed by atoms with van der Waals surface area (Å²) in [5.41, 5.74) is 0. The van der Waals surface area contributed by atoms with Gasteiger partial charge in [-0.3, -0.25) is 0 Å². The Morgan fingerprint density at radius 2 is 1.81 bits per heavy atom. The van der Waals surface area contributed by atoms with Gasteiger partial charge in [-0.1, -0.05) is 13.8 Å². The van der Waals surface area contributed by atoms with Crippen LogP contribution < -0.4 is 5.32 Å². The summed E-state index contributed by atoms with van der Waals surface area (Å²) in [4.78, 5) is 0. The fourth-order valence-electron chi connectivity index (χ4n) is 2.46. The molecule has 3 unspecified atom stereocenters. The molecule has 0 aromatic carbocycles. The molecule has 1 N–H and O–H groups in total. The lowest BCUT2D eigenvalue weighted by molar-refractivity contribution is 0.221. The first-order chi connectivity index (χ1) is 7.37. The molecule has 0 amide bonds. The quantitative estimate of drug-likeness (QED) is 0.804. The van der Waals surface area contributed by atoms with Crippen molar-refractivity contribution < 1.29 is 8.42 Å². The van der Waals surface area contributed by atoms with Crippen LogP contribution in [0.1, 0.15) is 27.2 Å². The van der Waals surface area contributed by atoms with Gasteiger partial charge in [0, 0.05) is 19.6 Å². The summed E-state index contributed by atoms with van der Waals surface area (Å²) in [7, 11) is -1.33. The lowest BCUT2D eigenvalue weighted by Crippen LogP contribution is -2.47. The number of hydrogen-bond donors (Lipinski definition) is 1.